The maximum atomic E-state index is 12.7. The molecule has 0 aliphatic carbocycles. The second kappa shape index (κ2) is 8.34. The predicted octanol–water partition coefficient (Wildman–Crippen LogP) is 2.11. The Morgan fingerprint density at radius 3 is 2.85 bits per heavy atom. The van der Waals surface area contributed by atoms with Gasteiger partial charge in [0.15, 0.2) is 0 Å². The Morgan fingerprint density at radius 1 is 1.33 bits per heavy atom. The van der Waals surface area contributed by atoms with E-state index < -0.39 is 0 Å². The van der Waals surface area contributed by atoms with Gasteiger partial charge >= 0.3 is 0 Å². The average Bonchev–Trinajstić information content (AvgIpc) is 3.27. The normalized spacial score (nSPS) is 12.1. The quantitative estimate of drug-likeness (QED) is 0.580. The lowest BCUT2D eigenvalue weighted by atomic mass is 10.2. The number of benzene rings is 1. The number of thioether (sulfide) groups is 1. The molecule has 0 aliphatic heterocycles. The number of likely N-dealkylation sites (N-methyl/N-ethyl adjacent to an activating group) is 1. The van der Waals surface area contributed by atoms with Crippen LogP contribution in [0.3, 0.4) is 0 Å². The summed E-state index contributed by atoms with van der Waals surface area (Å²) < 4.78 is 3.69. The first-order chi connectivity index (χ1) is 13.0. The molecule has 1 aromatic carbocycles. The van der Waals surface area contributed by atoms with E-state index in [-0.39, 0.29) is 11.2 Å². The van der Waals surface area contributed by atoms with Crippen molar-refractivity contribution in [2.75, 3.05) is 13.6 Å². The van der Waals surface area contributed by atoms with Crippen LogP contribution in [-0.4, -0.2) is 59.4 Å². The minimum Gasteiger partial charge on any atom is -0.343 e. The summed E-state index contributed by atoms with van der Waals surface area (Å²) in [7, 11) is 1.81. The third-order valence-corrected chi connectivity index (χ3v) is 5.31. The van der Waals surface area contributed by atoms with Crippen LogP contribution in [0.1, 0.15) is 18.3 Å². The van der Waals surface area contributed by atoms with Crippen LogP contribution in [0.15, 0.2) is 41.8 Å². The highest BCUT2D eigenvalue weighted by molar-refractivity contribution is 8.00. The Hall–Kier alpha value is -2.68. The van der Waals surface area contributed by atoms with Gasteiger partial charge in [0, 0.05) is 32.5 Å². The molecule has 2 aromatic heterocycles. The zero-order chi connectivity index (χ0) is 19.4. The second-order valence-electron chi connectivity index (χ2n) is 6.40. The highest BCUT2D eigenvalue weighted by Crippen LogP contribution is 2.24. The number of tetrazole rings is 1. The lowest BCUT2D eigenvalue weighted by molar-refractivity contribution is -0.129. The zero-order valence-corrected chi connectivity index (χ0v) is 16.7. The molecule has 1 amide bonds. The number of aromatic nitrogens is 6. The Morgan fingerprint density at radius 2 is 2.15 bits per heavy atom. The maximum Gasteiger partial charge on any atom is 0.235 e. The number of hydrogen-bond acceptors (Lipinski definition) is 6. The van der Waals surface area contributed by atoms with E-state index in [4.69, 9.17) is 0 Å². The van der Waals surface area contributed by atoms with E-state index >= 15 is 0 Å². The highest BCUT2D eigenvalue weighted by atomic mass is 32.2. The van der Waals surface area contributed by atoms with Crippen molar-refractivity contribution in [2.24, 2.45) is 0 Å². The summed E-state index contributed by atoms with van der Waals surface area (Å²) in [6, 6.07) is 7.93. The molecule has 0 fully saturated rings. The molecule has 0 saturated heterocycles. The molecule has 3 aromatic rings. The highest BCUT2D eigenvalue weighted by Gasteiger charge is 2.22. The van der Waals surface area contributed by atoms with Gasteiger partial charge in [0.1, 0.15) is 5.82 Å². The van der Waals surface area contributed by atoms with Crippen molar-refractivity contribution < 1.29 is 4.79 Å². The number of aryl methyl sites for hydroxylation is 2. The standard InChI is InChI=1S/C18H23N7OS/c1-13-6-5-7-16(12-13)25-18(20-21-22-25)27-14(2)17(26)23(4)10-11-24-9-8-19-15(24)3/h5-9,12,14H,10-11H2,1-4H3. The van der Waals surface area contributed by atoms with Crippen molar-refractivity contribution in [3.05, 3.63) is 48.0 Å². The Balaban J connectivity index is 1.63. The van der Waals surface area contributed by atoms with Gasteiger partial charge in [0.05, 0.1) is 10.9 Å². The average molecular weight is 385 g/mol. The lowest BCUT2D eigenvalue weighted by Gasteiger charge is -2.21. The molecule has 9 heteroatoms. The smallest absolute Gasteiger partial charge is 0.235 e. The van der Waals surface area contributed by atoms with Gasteiger partial charge in [-0.1, -0.05) is 23.9 Å². The molecule has 0 N–H and O–H groups in total. The van der Waals surface area contributed by atoms with Gasteiger partial charge in [-0.3, -0.25) is 4.79 Å². The molecule has 0 saturated carbocycles. The number of carbonyl (C=O) groups is 1. The molecule has 0 spiro atoms. The predicted molar refractivity (Wildman–Crippen MR) is 104 cm³/mol. The number of nitrogens with zero attached hydrogens (tertiary/aromatic N) is 7. The fourth-order valence-corrected chi connectivity index (χ4v) is 3.62. The largest absolute Gasteiger partial charge is 0.343 e. The molecule has 1 atom stereocenters. The van der Waals surface area contributed by atoms with Crippen LogP contribution in [0.5, 0.6) is 0 Å². The molecule has 0 radical (unpaired) electrons. The van der Waals surface area contributed by atoms with E-state index in [2.05, 4.69) is 20.5 Å². The van der Waals surface area contributed by atoms with Gasteiger partial charge in [-0.2, -0.15) is 4.68 Å². The van der Waals surface area contributed by atoms with Crippen molar-refractivity contribution >= 4 is 17.7 Å². The molecular formula is C18H23N7OS. The summed E-state index contributed by atoms with van der Waals surface area (Å²) in [5, 5.41) is 12.2. The summed E-state index contributed by atoms with van der Waals surface area (Å²) in [5.41, 5.74) is 2.00. The third-order valence-electron chi connectivity index (χ3n) is 4.29. The van der Waals surface area contributed by atoms with Crippen LogP contribution in [0, 0.1) is 13.8 Å². The molecule has 8 nitrogen and oxygen atoms in total. The number of amides is 1. The first kappa shape index (κ1) is 19.1. The zero-order valence-electron chi connectivity index (χ0n) is 15.9. The SMILES string of the molecule is Cc1cccc(-n2nnnc2SC(C)C(=O)N(C)CCn2ccnc2C)c1. The van der Waals surface area contributed by atoms with Crippen LogP contribution in [0.25, 0.3) is 5.69 Å². The summed E-state index contributed by atoms with van der Waals surface area (Å²) in [4.78, 5) is 18.7. The number of hydrogen-bond donors (Lipinski definition) is 0. The molecule has 0 aliphatic rings. The molecular weight excluding hydrogens is 362 g/mol. The Kier molecular flexibility index (Phi) is 5.90. The molecule has 1 unspecified atom stereocenters. The number of carbonyl (C=O) groups excluding carboxylic acids is 1. The van der Waals surface area contributed by atoms with E-state index in [1.54, 1.807) is 15.8 Å². The third kappa shape index (κ3) is 4.54. The van der Waals surface area contributed by atoms with Crippen molar-refractivity contribution in [1.82, 2.24) is 34.7 Å². The monoisotopic (exact) mass is 385 g/mol. The Bertz CT molecular complexity index is 920. The lowest BCUT2D eigenvalue weighted by Crippen LogP contribution is -2.35. The molecule has 142 valence electrons. The van der Waals surface area contributed by atoms with Gasteiger partial charge in [-0.25, -0.2) is 4.98 Å². The van der Waals surface area contributed by atoms with Gasteiger partial charge in [0.2, 0.25) is 11.1 Å². The summed E-state index contributed by atoms with van der Waals surface area (Å²) in [6.07, 6.45) is 3.68. The van der Waals surface area contributed by atoms with Gasteiger partial charge < -0.3 is 9.47 Å². The van der Waals surface area contributed by atoms with Crippen molar-refractivity contribution in [3.63, 3.8) is 0 Å². The fourth-order valence-electron chi connectivity index (χ4n) is 2.70. The van der Waals surface area contributed by atoms with E-state index in [1.165, 1.54) is 11.8 Å². The summed E-state index contributed by atoms with van der Waals surface area (Å²) in [5.74, 6) is 0.979. The van der Waals surface area contributed by atoms with Crippen molar-refractivity contribution in [3.8, 4) is 5.69 Å². The van der Waals surface area contributed by atoms with Crippen LogP contribution >= 0.6 is 11.8 Å². The van der Waals surface area contributed by atoms with Crippen LogP contribution in [0.4, 0.5) is 0 Å². The molecule has 0 bridgehead atoms. The maximum absolute atomic E-state index is 12.7. The molecule has 3 rings (SSSR count). The van der Waals surface area contributed by atoms with E-state index in [1.807, 2.05) is 62.8 Å². The molecule has 27 heavy (non-hydrogen) atoms. The van der Waals surface area contributed by atoms with Gasteiger partial charge in [-0.15, -0.1) is 5.10 Å². The number of rotatable bonds is 7. The van der Waals surface area contributed by atoms with Crippen molar-refractivity contribution in [1.29, 1.82) is 0 Å². The van der Waals surface area contributed by atoms with Gasteiger partial charge in [0.25, 0.3) is 0 Å². The van der Waals surface area contributed by atoms with E-state index in [0.717, 1.165) is 17.1 Å². The van der Waals surface area contributed by atoms with E-state index in [9.17, 15) is 4.79 Å². The summed E-state index contributed by atoms with van der Waals surface area (Å²) in [6.45, 7) is 7.17. The summed E-state index contributed by atoms with van der Waals surface area (Å²) >= 11 is 1.36. The second-order valence-corrected chi connectivity index (χ2v) is 7.71. The van der Waals surface area contributed by atoms with Crippen molar-refractivity contribution in [2.45, 2.75) is 37.7 Å². The minimum absolute atomic E-state index is 0.0385. The Labute approximate surface area is 162 Å². The minimum atomic E-state index is -0.298. The van der Waals surface area contributed by atoms with Gasteiger partial charge in [-0.05, 0) is 48.9 Å². The fraction of sp³-hybridized carbons (Fsp3) is 0.389. The van der Waals surface area contributed by atoms with Crippen LogP contribution in [0.2, 0.25) is 0 Å². The van der Waals surface area contributed by atoms with Crippen LogP contribution < -0.4 is 0 Å². The topological polar surface area (TPSA) is 81.7 Å². The molecule has 2 heterocycles. The first-order valence-corrected chi connectivity index (χ1v) is 9.58. The first-order valence-electron chi connectivity index (χ1n) is 8.70. The van der Waals surface area contributed by atoms with Crippen LogP contribution in [-0.2, 0) is 11.3 Å². The number of imidazole rings is 1. The van der Waals surface area contributed by atoms with E-state index in [0.29, 0.717) is 18.2 Å².